The Hall–Kier alpha value is -1.00. The first-order valence-electron chi connectivity index (χ1n) is 6.19. The Morgan fingerprint density at radius 3 is 2.50 bits per heavy atom. The van der Waals surface area contributed by atoms with Crippen molar-refractivity contribution in [1.82, 2.24) is 4.90 Å². The fourth-order valence-electron chi connectivity index (χ4n) is 2.34. The van der Waals surface area contributed by atoms with Crippen molar-refractivity contribution in [2.75, 3.05) is 19.3 Å². The van der Waals surface area contributed by atoms with Gasteiger partial charge in [0.25, 0.3) is 5.91 Å². The zero-order valence-corrected chi connectivity index (χ0v) is 11.9. The zero-order chi connectivity index (χ0) is 13.1. The monoisotopic (exact) mass is 265 g/mol. The van der Waals surface area contributed by atoms with E-state index in [1.165, 1.54) is 0 Å². The van der Waals surface area contributed by atoms with E-state index in [0.717, 1.165) is 10.5 Å². The summed E-state index contributed by atoms with van der Waals surface area (Å²) in [5.41, 5.74) is 0.798. The predicted molar refractivity (Wildman–Crippen MR) is 74.1 cm³/mol. The van der Waals surface area contributed by atoms with Crippen LogP contribution in [0.25, 0.3) is 0 Å². The van der Waals surface area contributed by atoms with Gasteiger partial charge in [-0.2, -0.15) is 0 Å². The average molecular weight is 265 g/mol. The van der Waals surface area contributed by atoms with Gasteiger partial charge in [0.1, 0.15) is 0 Å². The Kier molecular flexibility index (Phi) is 4.30. The summed E-state index contributed by atoms with van der Waals surface area (Å²) in [4.78, 5) is 15.5. The van der Waals surface area contributed by atoms with E-state index in [2.05, 4.69) is 0 Å². The van der Waals surface area contributed by atoms with Crippen LogP contribution in [0.5, 0.6) is 0 Å². The number of thioether (sulfide) groups is 1. The molecule has 0 aliphatic carbocycles. The molecule has 0 N–H and O–H groups in total. The van der Waals surface area contributed by atoms with Crippen LogP contribution in [0.15, 0.2) is 29.2 Å². The molecule has 1 aliphatic heterocycles. The minimum atomic E-state index is 0.110. The highest BCUT2D eigenvalue weighted by molar-refractivity contribution is 7.98. The van der Waals surface area contributed by atoms with Crippen LogP contribution in [0.3, 0.4) is 0 Å². The Labute approximate surface area is 113 Å². The van der Waals surface area contributed by atoms with Gasteiger partial charge in [0, 0.05) is 18.0 Å². The smallest absolute Gasteiger partial charge is 0.255 e. The maximum absolute atomic E-state index is 12.5. The molecule has 1 amide bonds. The molecule has 18 heavy (non-hydrogen) atoms. The van der Waals surface area contributed by atoms with Crippen molar-refractivity contribution < 1.29 is 9.53 Å². The predicted octanol–water partition coefficient (Wildman–Crippen LogP) is 2.66. The number of benzene rings is 1. The molecule has 2 unspecified atom stereocenters. The van der Waals surface area contributed by atoms with Crippen LogP contribution in [0.2, 0.25) is 0 Å². The molecular weight excluding hydrogens is 246 g/mol. The van der Waals surface area contributed by atoms with E-state index in [9.17, 15) is 4.79 Å². The molecule has 1 aliphatic rings. The summed E-state index contributed by atoms with van der Waals surface area (Å²) in [7, 11) is 0. The van der Waals surface area contributed by atoms with E-state index in [1.54, 1.807) is 11.8 Å². The van der Waals surface area contributed by atoms with Gasteiger partial charge in [0.2, 0.25) is 0 Å². The van der Waals surface area contributed by atoms with E-state index < -0.39 is 0 Å². The van der Waals surface area contributed by atoms with Gasteiger partial charge in [-0.15, -0.1) is 11.8 Å². The molecule has 2 atom stereocenters. The van der Waals surface area contributed by atoms with Crippen LogP contribution in [0.4, 0.5) is 0 Å². The second-order valence-electron chi connectivity index (χ2n) is 4.67. The molecule has 0 aromatic heterocycles. The molecule has 98 valence electrons. The van der Waals surface area contributed by atoms with E-state index >= 15 is 0 Å². The van der Waals surface area contributed by atoms with Crippen LogP contribution in [0, 0.1) is 0 Å². The standard InChI is InChI=1S/C14H19NO2S/c1-10-8-15(9-11(2)17-10)14(16)12-6-4-5-7-13(12)18-3/h4-7,10-11H,8-9H2,1-3H3. The molecule has 1 fully saturated rings. The maximum Gasteiger partial charge on any atom is 0.255 e. The van der Waals surface area contributed by atoms with E-state index in [1.807, 2.05) is 49.3 Å². The summed E-state index contributed by atoms with van der Waals surface area (Å²) in [5.74, 6) is 0.113. The highest BCUT2D eigenvalue weighted by Crippen LogP contribution is 2.23. The van der Waals surface area contributed by atoms with Gasteiger partial charge in [-0.1, -0.05) is 12.1 Å². The maximum atomic E-state index is 12.5. The molecule has 1 aromatic rings. The van der Waals surface area contributed by atoms with Crippen LogP contribution < -0.4 is 0 Å². The average Bonchev–Trinajstić information content (AvgIpc) is 2.36. The van der Waals surface area contributed by atoms with E-state index in [-0.39, 0.29) is 18.1 Å². The lowest BCUT2D eigenvalue weighted by molar-refractivity contribution is -0.0586. The summed E-state index contributed by atoms with van der Waals surface area (Å²) in [6.45, 7) is 5.37. The van der Waals surface area contributed by atoms with Crippen LogP contribution in [0.1, 0.15) is 24.2 Å². The highest BCUT2D eigenvalue weighted by atomic mass is 32.2. The second kappa shape index (κ2) is 5.76. The van der Waals surface area contributed by atoms with Crippen LogP contribution in [-0.2, 0) is 4.74 Å². The fraction of sp³-hybridized carbons (Fsp3) is 0.500. The van der Waals surface area contributed by atoms with E-state index in [4.69, 9.17) is 4.74 Å². The number of hydrogen-bond donors (Lipinski definition) is 0. The minimum Gasteiger partial charge on any atom is -0.372 e. The first-order chi connectivity index (χ1) is 8.61. The third-order valence-electron chi connectivity index (χ3n) is 3.04. The highest BCUT2D eigenvalue weighted by Gasteiger charge is 2.27. The lowest BCUT2D eigenvalue weighted by Crippen LogP contribution is -2.48. The Balaban J connectivity index is 2.20. The summed E-state index contributed by atoms with van der Waals surface area (Å²) in [6.07, 6.45) is 2.22. The number of nitrogens with zero attached hydrogens (tertiary/aromatic N) is 1. The summed E-state index contributed by atoms with van der Waals surface area (Å²) in [6, 6.07) is 7.78. The Morgan fingerprint density at radius 1 is 1.28 bits per heavy atom. The number of rotatable bonds is 2. The van der Waals surface area contributed by atoms with Gasteiger partial charge >= 0.3 is 0 Å². The summed E-state index contributed by atoms with van der Waals surface area (Å²) >= 11 is 1.61. The Morgan fingerprint density at radius 2 is 1.89 bits per heavy atom. The third kappa shape index (κ3) is 2.87. The molecule has 1 aromatic carbocycles. The number of amides is 1. The molecule has 1 heterocycles. The summed E-state index contributed by atoms with van der Waals surface area (Å²) < 4.78 is 5.66. The molecule has 4 heteroatoms. The lowest BCUT2D eigenvalue weighted by Gasteiger charge is -2.35. The van der Waals surface area contributed by atoms with Crippen molar-refractivity contribution >= 4 is 17.7 Å². The second-order valence-corrected chi connectivity index (χ2v) is 5.52. The number of morpholine rings is 1. The lowest BCUT2D eigenvalue weighted by atomic mass is 10.1. The van der Waals surface area contributed by atoms with E-state index in [0.29, 0.717) is 13.1 Å². The molecule has 0 radical (unpaired) electrons. The molecule has 1 saturated heterocycles. The number of ether oxygens (including phenoxy) is 1. The van der Waals surface area contributed by atoms with Gasteiger partial charge in [-0.3, -0.25) is 4.79 Å². The van der Waals surface area contributed by atoms with Crippen LogP contribution in [-0.4, -0.2) is 42.4 Å². The van der Waals surface area contributed by atoms with Crippen molar-refractivity contribution in [3.63, 3.8) is 0 Å². The first kappa shape index (κ1) is 13.4. The molecule has 2 rings (SSSR count). The molecular formula is C14H19NO2S. The molecule has 0 bridgehead atoms. The SMILES string of the molecule is CSc1ccccc1C(=O)N1CC(C)OC(C)C1. The number of carbonyl (C=O) groups is 1. The minimum absolute atomic E-state index is 0.110. The molecule has 3 nitrogen and oxygen atoms in total. The molecule has 0 spiro atoms. The number of hydrogen-bond acceptors (Lipinski definition) is 3. The summed E-state index contributed by atoms with van der Waals surface area (Å²) in [5, 5.41) is 0. The van der Waals surface area contributed by atoms with Gasteiger partial charge < -0.3 is 9.64 Å². The quantitative estimate of drug-likeness (QED) is 0.770. The van der Waals surface area contributed by atoms with Gasteiger partial charge in [-0.25, -0.2) is 0 Å². The van der Waals surface area contributed by atoms with Crippen molar-refractivity contribution in [2.45, 2.75) is 31.0 Å². The first-order valence-corrected chi connectivity index (χ1v) is 7.42. The molecule has 0 saturated carbocycles. The van der Waals surface area contributed by atoms with Gasteiger partial charge in [-0.05, 0) is 32.2 Å². The van der Waals surface area contributed by atoms with Crippen molar-refractivity contribution in [1.29, 1.82) is 0 Å². The number of carbonyl (C=O) groups excluding carboxylic acids is 1. The van der Waals surface area contributed by atoms with Crippen molar-refractivity contribution in [3.8, 4) is 0 Å². The fourth-order valence-corrected chi connectivity index (χ4v) is 2.93. The normalized spacial score (nSPS) is 24.1. The third-order valence-corrected chi connectivity index (χ3v) is 3.84. The Bertz CT molecular complexity index is 426. The largest absolute Gasteiger partial charge is 0.372 e. The van der Waals surface area contributed by atoms with Gasteiger partial charge in [0.05, 0.1) is 17.8 Å². The van der Waals surface area contributed by atoms with Crippen molar-refractivity contribution in [2.24, 2.45) is 0 Å². The van der Waals surface area contributed by atoms with Crippen molar-refractivity contribution in [3.05, 3.63) is 29.8 Å². The zero-order valence-electron chi connectivity index (χ0n) is 11.1. The van der Waals surface area contributed by atoms with Crippen LogP contribution >= 0.6 is 11.8 Å². The van der Waals surface area contributed by atoms with Gasteiger partial charge in [0.15, 0.2) is 0 Å². The topological polar surface area (TPSA) is 29.5 Å².